The molecule has 134 valence electrons. The second-order valence-corrected chi connectivity index (χ2v) is 8.40. The van der Waals surface area contributed by atoms with Crippen LogP contribution in [-0.4, -0.2) is 26.2 Å². The number of carbonyl (C=O) groups is 1. The average molecular weight is 342 g/mol. The van der Waals surface area contributed by atoms with E-state index in [0.29, 0.717) is 17.1 Å². The number of rotatable bonds is 2. The third kappa shape index (κ3) is 3.81. The van der Waals surface area contributed by atoms with Crippen LogP contribution >= 0.6 is 0 Å². The van der Waals surface area contributed by atoms with Gasteiger partial charge in [-0.25, -0.2) is 14.8 Å². The average Bonchev–Trinajstić information content (AvgIpc) is 2.44. The van der Waals surface area contributed by atoms with Crippen molar-refractivity contribution in [3.05, 3.63) is 40.8 Å². The zero-order valence-corrected chi connectivity index (χ0v) is 15.9. The molecule has 1 aromatic carbocycles. The van der Waals surface area contributed by atoms with E-state index in [4.69, 9.17) is 0 Å². The molecule has 0 amide bonds. The summed E-state index contributed by atoms with van der Waals surface area (Å²) in [4.78, 5) is 20.0. The van der Waals surface area contributed by atoms with Gasteiger partial charge in [-0.05, 0) is 29.9 Å². The van der Waals surface area contributed by atoms with Crippen LogP contribution in [0.15, 0.2) is 18.3 Å². The summed E-state index contributed by atoms with van der Waals surface area (Å²) in [6, 6.07) is 3.66. The standard InChI is InChI=1S/C20H26N2O3/c1-11-21-10-13(18(24)25)16(22-11)12-8-14(19(2,3)4)17(23)15(9-12)20(5,6)7/h8-10,23H,1-7H3,(H,24,25). The van der Waals surface area contributed by atoms with Crippen molar-refractivity contribution in [2.24, 2.45) is 0 Å². The number of phenols is 1. The topological polar surface area (TPSA) is 83.3 Å². The van der Waals surface area contributed by atoms with Crippen LogP contribution in [0.2, 0.25) is 0 Å². The second kappa shape index (κ2) is 6.14. The molecule has 0 saturated heterocycles. The van der Waals surface area contributed by atoms with Crippen LogP contribution in [0.4, 0.5) is 0 Å². The van der Waals surface area contributed by atoms with Crippen LogP contribution in [-0.2, 0) is 10.8 Å². The van der Waals surface area contributed by atoms with Crippen LogP contribution in [0, 0.1) is 6.92 Å². The SMILES string of the molecule is Cc1ncc(C(=O)O)c(-c2cc(C(C)(C)C)c(O)c(C(C)(C)C)c2)n1. The first-order chi connectivity index (χ1) is 11.3. The Kier molecular flexibility index (Phi) is 4.64. The molecule has 0 aliphatic rings. The van der Waals surface area contributed by atoms with Crippen molar-refractivity contribution in [3.8, 4) is 17.0 Å². The molecule has 2 rings (SSSR count). The summed E-state index contributed by atoms with van der Waals surface area (Å²) in [7, 11) is 0. The lowest BCUT2D eigenvalue weighted by molar-refractivity contribution is 0.0697. The first-order valence-corrected chi connectivity index (χ1v) is 8.27. The van der Waals surface area contributed by atoms with Gasteiger partial charge in [-0.1, -0.05) is 41.5 Å². The van der Waals surface area contributed by atoms with E-state index in [1.165, 1.54) is 6.20 Å². The fourth-order valence-electron chi connectivity index (χ4n) is 2.76. The van der Waals surface area contributed by atoms with Crippen molar-refractivity contribution in [1.29, 1.82) is 0 Å². The Hall–Kier alpha value is -2.43. The quantitative estimate of drug-likeness (QED) is 0.842. The van der Waals surface area contributed by atoms with Gasteiger partial charge in [-0.2, -0.15) is 0 Å². The molecular formula is C20H26N2O3. The van der Waals surface area contributed by atoms with Gasteiger partial charge in [0.25, 0.3) is 0 Å². The molecule has 0 aliphatic heterocycles. The number of phenolic OH excluding ortho intramolecular Hbond substituents is 1. The molecule has 0 fully saturated rings. The highest BCUT2D eigenvalue weighted by molar-refractivity contribution is 5.94. The highest BCUT2D eigenvalue weighted by Crippen LogP contribution is 2.42. The molecule has 0 atom stereocenters. The summed E-state index contributed by atoms with van der Waals surface area (Å²) in [5, 5.41) is 20.3. The molecule has 5 heteroatoms. The van der Waals surface area contributed by atoms with Crippen LogP contribution in [0.5, 0.6) is 5.75 Å². The largest absolute Gasteiger partial charge is 0.507 e. The van der Waals surface area contributed by atoms with E-state index in [1.807, 2.05) is 53.7 Å². The van der Waals surface area contributed by atoms with Crippen molar-refractivity contribution in [2.45, 2.75) is 59.3 Å². The van der Waals surface area contributed by atoms with Crippen LogP contribution in [0.3, 0.4) is 0 Å². The van der Waals surface area contributed by atoms with Gasteiger partial charge in [-0.15, -0.1) is 0 Å². The summed E-state index contributed by atoms with van der Waals surface area (Å²) in [6.45, 7) is 13.8. The van der Waals surface area contributed by atoms with Crippen molar-refractivity contribution in [3.63, 3.8) is 0 Å². The number of aromatic carboxylic acids is 1. The van der Waals surface area contributed by atoms with Crippen molar-refractivity contribution in [2.75, 3.05) is 0 Å². The van der Waals surface area contributed by atoms with E-state index < -0.39 is 5.97 Å². The van der Waals surface area contributed by atoms with Gasteiger partial charge in [0.1, 0.15) is 17.1 Å². The molecule has 5 nitrogen and oxygen atoms in total. The number of aromatic hydroxyl groups is 1. The summed E-state index contributed by atoms with van der Waals surface area (Å²) in [5.74, 6) is -0.313. The van der Waals surface area contributed by atoms with E-state index in [2.05, 4.69) is 9.97 Å². The van der Waals surface area contributed by atoms with Crippen molar-refractivity contribution in [1.82, 2.24) is 9.97 Å². The van der Waals surface area contributed by atoms with Crippen LogP contribution < -0.4 is 0 Å². The molecule has 0 saturated carbocycles. The molecule has 1 aromatic heterocycles. The molecule has 2 aromatic rings. The summed E-state index contributed by atoms with van der Waals surface area (Å²) < 4.78 is 0. The zero-order valence-electron chi connectivity index (χ0n) is 15.9. The van der Waals surface area contributed by atoms with Gasteiger partial charge in [0.15, 0.2) is 0 Å². The van der Waals surface area contributed by atoms with E-state index in [-0.39, 0.29) is 22.1 Å². The Balaban J connectivity index is 2.89. The molecule has 2 N–H and O–H groups in total. The Morgan fingerprint density at radius 3 is 1.88 bits per heavy atom. The lowest BCUT2D eigenvalue weighted by Gasteiger charge is -2.28. The number of aromatic nitrogens is 2. The van der Waals surface area contributed by atoms with Crippen molar-refractivity contribution >= 4 is 5.97 Å². The van der Waals surface area contributed by atoms with Gasteiger partial charge in [-0.3, -0.25) is 0 Å². The molecule has 0 radical (unpaired) electrons. The molecule has 0 unspecified atom stereocenters. The maximum Gasteiger partial charge on any atom is 0.339 e. The predicted molar refractivity (Wildman–Crippen MR) is 98.2 cm³/mol. The summed E-state index contributed by atoms with van der Waals surface area (Å²) >= 11 is 0. The number of hydrogen-bond donors (Lipinski definition) is 2. The molecule has 0 bridgehead atoms. The highest BCUT2D eigenvalue weighted by Gasteiger charge is 2.28. The normalized spacial score (nSPS) is 12.3. The second-order valence-electron chi connectivity index (χ2n) is 8.40. The van der Waals surface area contributed by atoms with Crippen LogP contribution in [0.1, 0.15) is 68.9 Å². The third-order valence-electron chi connectivity index (χ3n) is 4.14. The fourth-order valence-corrected chi connectivity index (χ4v) is 2.76. The maximum absolute atomic E-state index is 11.6. The minimum atomic E-state index is -1.07. The van der Waals surface area contributed by atoms with Crippen molar-refractivity contribution < 1.29 is 15.0 Å². The van der Waals surface area contributed by atoms with Gasteiger partial charge in [0, 0.05) is 22.9 Å². The number of hydrogen-bond acceptors (Lipinski definition) is 4. The number of aryl methyl sites for hydroxylation is 1. The smallest absolute Gasteiger partial charge is 0.339 e. The van der Waals surface area contributed by atoms with E-state index >= 15 is 0 Å². The van der Waals surface area contributed by atoms with Gasteiger partial charge in [0.05, 0.1) is 5.69 Å². The molecule has 0 spiro atoms. The lowest BCUT2D eigenvalue weighted by Crippen LogP contribution is -2.18. The highest BCUT2D eigenvalue weighted by atomic mass is 16.4. The fraction of sp³-hybridized carbons (Fsp3) is 0.450. The molecule has 1 heterocycles. The van der Waals surface area contributed by atoms with Gasteiger partial charge >= 0.3 is 5.97 Å². The predicted octanol–water partition coefficient (Wildman–Crippen LogP) is 4.45. The van der Waals surface area contributed by atoms with Gasteiger partial charge in [0.2, 0.25) is 0 Å². The van der Waals surface area contributed by atoms with E-state index in [0.717, 1.165) is 11.1 Å². The summed E-state index contributed by atoms with van der Waals surface area (Å²) in [6.07, 6.45) is 1.33. The first-order valence-electron chi connectivity index (χ1n) is 8.27. The molecular weight excluding hydrogens is 316 g/mol. The third-order valence-corrected chi connectivity index (χ3v) is 4.14. The van der Waals surface area contributed by atoms with Crippen LogP contribution in [0.25, 0.3) is 11.3 Å². The minimum Gasteiger partial charge on any atom is -0.507 e. The minimum absolute atomic E-state index is 0.0519. The van der Waals surface area contributed by atoms with E-state index in [9.17, 15) is 15.0 Å². The number of nitrogens with zero attached hydrogens (tertiary/aromatic N) is 2. The first kappa shape index (κ1) is 18.9. The Morgan fingerprint density at radius 1 is 1.00 bits per heavy atom. The number of benzene rings is 1. The van der Waals surface area contributed by atoms with E-state index in [1.54, 1.807) is 6.92 Å². The maximum atomic E-state index is 11.6. The van der Waals surface area contributed by atoms with Gasteiger partial charge < -0.3 is 10.2 Å². The Labute approximate surface area is 148 Å². The number of carboxylic acids is 1. The molecule has 25 heavy (non-hydrogen) atoms. The monoisotopic (exact) mass is 342 g/mol. The lowest BCUT2D eigenvalue weighted by atomic mass is 9.78. The Bertz CT molecular complexity index is 793. The molecule has 0 aliphatic carbocycles. The Morgan fingerprint density at radius 2 is 1.48 bits per heavy atom. The summed E-state index contributed by atoms with van der Waals surface area (Å²) in [5.41, 5.74) is 2.03. The zero-order chi connectivity index (χ0) is 19.2. The number of carboxylic acid groups (broad SMARTS) is 1.